The maximum atomic E-state index is 13.6. The van der Waals surface area contributed by atoms with Crippen LogP contribution in [0.2, 0.25) is 5.02 Å². The van der Waals surface area contributed by atoms with Crippen molar-refractivity contribution in [2.24, 2.45) is 7.05 Å². The molecule has 0 aliphatic carbocycles. The summed E-state index contributed by atoms with van der Waals surface area (Å²) in [5.74, 6) is -1.23. The van der Waals surface area contributed by atoms with E-state index in [0.29, 0.717) is 4.68 Å². The summed E-state index contributed by atoms with van der Waals surface area (Å²) in [7, 11) is 1.23. The third-order valence-electron chi connectivity index (χ3n) is 2.33. The molecular formula is C10H7ClFN3O3. The zero-order valence-electron chi connectivity index (χ0n) is 9.09. The highest BCUT2D eigenvalue weighted by molar-refractivity contribution is 6.32. The Morgan fingerprint density at radius 1 is 1.39 bits per heavy atom. The number of nitrogens with zero attached hydrogens (tertiary/aromatic N) is 3. The lowest BCUT2D eigenvalue weighted by Gasteiger charge is -2.07. The molecule has 0 unspecified atom stereocenters. The van der Waals surface area contributed by atoms with Gasteiger partial charge in [-0.2, -0.15) is 9.78 Å². The zero-order chi connectivity index (χ0) is 13.4. The first kappa shape index (κ1) is 12.3. The van der Waals surface area contributed by atoms with E-state index in [1.807, 2.05) is 0 Å². The first-order valence-electron chi connectivity index (χ1n) is 4.75. The molecule has 1 aromatic carbocycles. The third-order valence-corrected chi connectivity index (χ3v) is 2.63. The van der Waals surface area contributed by atoms with E-state index in [1.54, 1.807) is 0 Å². The van der Waals surface area contributed by atoms with Crippen LogP contribution in [0.15, 0.2) is 27.9 Å². The van der Waals surface area contributed by atoms with Crippen LogP contribution in [0.4, 0.5) is 4.39 Å². The molecule has 0 aliphatic rings. The molecule has 0 spiro atoms. The number of rotatable bonds is 1. The minimum Gasteiger partial charge on any atom is -0.506 e. The fourth-order valence-corrected chi connectivity index (χ4v) is 1.48. The monoisotopic (exact) mass is 271 g/mol. The van der Waals surface area contributed by atoms with E-state index >= 15 is 0 Å². The maximum absolute atomic E-state index is 13.6. The first-order valence-corrected chi connectivity index (χ1v) is 5.13. The van der Waals surface area contributed by atoms with Gasteiger partial charge in [0.2, 0.25) is 0 Å². The van der Waals surface area contributed by atoms with Gasteiger partial charge in [0, 0.05) is 13.1 Å². The number of aromatic nitrogens is 3. The van der Waals surface area contributed by atoms with Gasteiger partial charge in [-0.25, -0.2) is 9.18 Å². The largest absolute Gasteiger partial charge is 0.506 e. The molecule has 2 rings (SSSR count). The van der Waals surface area contributed by atoms with Gasteiger partial charge >= 0.3 is 5.69 Å². The van der Waals surface area contributed by atoms with Crippen LogP contribution in [0.25, 0.3) is 5.69 Å². The minimum absolute atomic E-state index is 0.186. The van der Waals surface area contributed by atoms with E-state index in [0.717, 1.165) is 22.9 Å². The van der Waals surface area contributed by atoms with E-state index in [-0.39, 0.29) is 10.7 Å². The smallest absolute Gasteiger partial charge is 0.352 e. The molecule has 2 aromatic rings. The average Bonchev–Trinajstić information content (AvgIpc) is 2.32. The van der Waals surface area contributed by atoms with Crippen molar-refractivity contribution in [2.75, 3.05) is 0 Å². The average molecular weight is 272 g/mol. The standard InChI is InChI=1S/C10H7ClFN3O3/c1-14-9(17)4-13-15(10(14)18)7-3-8(16)5(11)2-6(7)12/h2-4,16H,1H3. The summed E-state index contributed by atoms with van der Waals surface area (Å²) >= 11 is 5.52. The molecule has 0 fully saturated rings. The normalized spacial score (nSPS) is 10.6. The Labute approximate surface area is 104 Å². The number of phenols is 1. The SMILES string of the molecule is Cn1c(=O)cnn(-c2cc(O)c(Cl)cc2F)c1=O. The van der Waals surface area contributed by atoms with E-state index < -0.39 is 22.8 Å². The van der Waals surface area contributed by atoms with Crippen LogP contribution in [-0.2, 0) is 7.05 Å². The number of hydrogen-bond donors (Lipinski definition) is 1. The first-order chi connectivity index (χ1) is 8.41. The number of hydrogen-bond acceptors (Lipinski definition) is 4. The van der Waals surface area contributed by atoms with Crippen LogP contribution in [0.1, 0.15) is 0 Å². The lowest BCUT2D eigenvalue weighted by Crippen LogP contribution is -2.38. The molecule has 0 bridgehead atoms. The van der Waals surface area contributed by atoms with Crippen LogP contribution in [-0.4, -0.2) is 19.5 Å². The van der Waals surface area contributed by atoms with E-state index in [1.165, 1.54) is 7.05 Å². The van der Waals surface area contributed by atoms with Crippen LogP contribution in [0, 0.1) is 5.82 Å². The van der Waals surface area contributed by atoms with Crippen molar-refractivity contribution in [3.63, 3.8) is 0 Å². The van der Waals surface area contributed by atoms with Gasteiger partial charge in [-0.15, -0.1) is 0 Å². The molecule has 0 radical (unpaired) electrons. The number of phenolic OH excluding ortho intramolecular Hbond substituents is 1. The van der Waals surface area contributed by atoms with Crippen LogP contribution >= 0.6 is 11.6 Å². The van der Waals surface area contributed by atoms with Crippen molar-refractivity contribution in [3.8, 4) is 11.4 Å². The minimum atomic E-state index is -0.842. The van der Waals surface area contributed by atoms with Crippen molar-refractivity contribution in [2.45, 2.75) is 0 Å². The van der Waals surface area contributed by atoms with Gasteiger partial charge in [-0.05, 0) is 6.07 Å². The molecule has 8 heteroatoms. The molecule has 0 atom stereocenters. The van der Waals surface area contributed by atoms with Crippen molar-refractivity contribution in [1.82, 2.24) is 14.3 Å². The Balaban J connectivity index is 2.78. The van der Waals surface area contributed by atoms with Gasteiger partial charge in [0.25, 0.3) is 5.56 Å². The fourth-order valence-electron chi connectivity index (χ4n) is 1.33. The highest BCUT2D eigenvalue weighted by Gasteiger charge is 2.13. The summed E-state index contributed by atoms with van der Waals surface area (Å²) < 4.78 is 15.1. The van der Waals surface area contributed by atoms with E-state index in [9.17, 15) is 19.1 Å². The topological polar surface area (TPSA) is 77.1 Å². The summed E-state index contributed by atoms with van der Waals surface area (Å²) in [6, 6.07) is 1.81. The second-order valence-corrected chi connectivity index (χ2v) is 3.90. The molecule has 0 saturated heterocycles. The van der Waals surface area contributed by atoms with E-state index in [4.69, 9.17) is 11.6 Å². The second kappa shape index (κ2) is 4.26. The molecule has 1 N–H and O–H groups in total. The van der Waals surface area contributed by atoms with Gasteiger partial charge in [0.05, 0.1) is 5.02 Å². The van der Waals surface area contributed by atoms with Gasteiger partial charge in [0.1, 0.15) is 17.6 Å². The van der Waals surface area contributed by atoms with Gasteiger partial charge < -0.3 is 5.11 Å². The molecule has 6 nitrogen and oxygen atoms in total. The molecule has 18 heavy (non-hydrogen) atoms. The Kier molecular flexibility index (Phi) is 2.92. The molecule has 1 heterocycles. The summed E-state index contributed by atoms with van der Waals surface area (Å²) in [6.45, 7) is 0. The molecule has 1 aromatic heterocycles. The molecule has 0 aliphatic heterocycles. The Morgan fingerprint density at radius 2 is 2.06 bits per heavy atom. The van der Waals surface area contributed by atoms with Crippen molar-refractivity contribution >= 4 is 11.6 Å². The highest BCUT2D eigenvalue weighted by atomic mass is 35.5. The van der Waals surface area contributed by atoms with Gasteiger partial charge in [0.15, 0.2) is 5.82 Å². The van der Waals surface area contributed by atoms with Crippen LogP contribution < -0.4 is 11.2 Å². The van der Waals surface area contributed by atoms with Crippen molar-refractivity contribution in [3.05, 3.63) is 50.0 Å². The Hall–Kier alpha value is -2.15. The predicted octanol–water partition coefficient (Wildman–Crippen LogP) is 0.429. The lowest BCUT2D eigenvalue weighted by atomic mass is 10.3. The van der Waals surface area contributed by atoms with E-state index in [2.05, 4.69) is 5.10 Å². The van der Waals surface area contributed by atoms with Crippen LogP contribution in [0.5, 0.6) is 5.75 Å². The van der Waals surface area contributed by atoms with Crippen LogP contribution in [0.3, 0.4) is 0 Å². The van der Waals surface area contributed by atoms with Gasteiger partial charge in [-0.1, -0.05) is 11.6 Å². The summed E-state index contributed by atoms with van der Waals surface area (Å²) in [5, 5.41) is 12.7. The van der Waals surface area contributed by atoms with Gasteiger partial charge in [-0.3, -0.25) is 9.36 Å². The van der Waals surface area contributed by atoms with Crippen molar-refractivity contribution < 1.29 is 9.50 Å². The fraction of sp³-hybridized carbons (Fsp3) is 0.100. The zero-order valence-corrected chi connectivity index (χ0v) is 9.85. The number of halogens is 2. The Morgan fingerprint density at radius 3 is 2.72 bits per heavy atom. The molecule has 0 saturated carbocycles. The Bertz CT molecular complexity index is 738. The maximum Gasteiger partial charge on any atom is 0.352 e. The predicted molar refractivity (Wildman–Crippen MR) is 61.7 cm³/mol. The van der Waals surface area contributed by atoms with Crippen molar-refractivity contribution in [1.29, 1.82) is 0 Å². The summed E-state index contributed by atoms with van der Waals surface area (Å²) in [6.07, 6.45) is 0.868. The molecular weight excluding hydrogens is 265 g/mol. The molecule has 94 valence electrons. The number of aromatic hydroxyl groups is 1. The second-order valence-electron chi connectivity index (χ2n) is 3.49. The quantitative estimate of drug-likeness (QED) is 0.816. The summed E-state index contributed by atoms with van der Waals surface area (Å²) in [4.78, 5) is 22.9. The number of benzene rings is 1. The molecule has 0 amide bonds. The highest BCUT2D eigenvalue weighted by Crippen LogP contribution is 2.27. The summed E-state index contributed by atoms with van der Waals surface area (Å²) in [5.41, 5.74) is -1.74. The third kappa shape index (κ3) is 1.88. The lowest BCUT2D eigenvalue weighted by molar-refractivity contribution is 0.471.